The van der Waals surface area contributed by atoms with Crippen LogP contribution in [-0.4, -0.2) is 55.1 Å². The zero-order chi connectivity index (χ0) is 12.6. The van der Waals surface area contributed by atoms with Crippen molar-refractivity contribution in [3.8, 4) is 0 Å². The van der Waals surface area contributed by atoms with Crippen LogP contribution in [0.25, 0.3) is 0 Å². The lowest BCUT2D eigenvalue weighted by Crippen LogP contribution is -2.65. The molecule has 3 rings (SSSR count). The maximum atomic E-state index is 6.02. The molecule has 1 aliphatic heterocycles. The van der Waals surface area contributed by atoms with Crippen LogP contribution in [0.5, 0.6) is 0 Å². The second kappa shape index (κ2) is 5.10. The van der Waals surface area contributed by atoms with Crippen molar-refractivity contribution in [1.29, 1.82) is 0 Å². The van der Waals surface area contributed by atoms with Crippen molar-refractivity contribution in [2.45, 2.75) is 57.0 Å². The molecule has 1 heterocycles. The summed E-state index contributed by atoms with van der Waals surface area (Å²) in [6, 6.07) is 1.47. The summed E-state index contributed by atoms with van der Waals surface area (Å²) in [6.45, 7) is 4.47. The largest absolute Gasteiger partial charge is 0.329 e. The number of likely N-dealkylation sites (N-methyl/N-ethyl adjacent to an activating group) is 1. The standard InChI is InChI=1S/C15H29N3/c1-17-9-10-18(13(11-16)12-17)14-5-8-15(14)6-3-2-4-7-15/h13-14H,2-12,16H2,1H3. The molecule has 0 aromatic carbocycles. The molecular weight excluding hydrogens is 222 g/mol. The van der Waals surface area contributed by atoms with Gasteiger partial charge in [0.1, 0.15) is 0 Å². The van der Waals surface area contributed by atoms with Crippen LogP contribution in [0.1, 0.15) is 44.9 Å². The first-order chi connectivity index (χ1) is 8.75. The predicted molar refractivity (Wildman–Crippen MR) is 75.6 cm³/mol. The van der Waals surface area contributed by atoms with Crippen molar-refractivity contribution < 1.29 is 0 Å². The molecule has 18 heavy (non-hydrogen) atoms. The minimum Gasteiger partial charge on any atom is -0.329 e. The maximum absolute atomic E-state index is 6.02. The third-order valence-corrected chi connectivity index (χ3v) is 5.88. The Morgan fingerprint density at radius 3 is 2.50 bits per heavy atom. The monoisotopic (exact) mass is 251 g/mol. The van der Waals surface area contributed by atoms with Crippen molar-refractivity contribution in [3.05, 3.63) is 0 Å². The predicted octanol–water partition coefficient (Wildman–Crippen LogP) is 1.67. The summed E-state index contributed by atoms with van der Waals surface area (Å²) in [7, 11) is 2.23. The summed E-state index contributed by atoms with van der Waals surface area (Å²) >= 11 is 0. The van der Waals surface area contributed by atoms with Crippen molar-refractivity contribution in [2.24, 2.45) is 11.1 Å². The van der Waals surface area contributed by atoms with E-state index in [1.807, 2.05) is 0 Å². The molecule has 3 fully saturated rings. The Kier molecular flexibility index (Phi) is 3.65. The van der Waals surface area contributed by atoms with E-state index in [4.69, 9.17) is 5.73 Å². The Morgan fingerprint density at radius 1 is 1.11 bits per heavy atom. The molecule has 0 bridgehead atoms. The zero-order valence-corrected chi connectivity index (χ0v) is 11.9. The molecule has 3 nitrogen and oxygen atoms in total. The molecule has 2 aliphatic carbocycles. The molecule has 104 valence electrons. The van der Waals surface area contributed by atoms with E-state index in [-0.39, 0.29) is 0 Å². The molecule has 0 amide bonds. The van der Waals surface area contributed by atoms with Crippen molar-refractivity contribution in [3.63, 3.8) is 0 Å². The summed E-state index contributed by atoms with van der Waals surface area (Å²) in [5.74, 6) is 0. The van der Waals surface area contributed by atoms with E-state index in [9.17, 15) is 0 Å². The summed E-state index contributed by atoms with van der Waals surface area (Å²) in [6.07, 6.45) is 10.3. The second-order valence-electron chi connectivity index (χ2n) is 6.87. The van der Waals surface area contributed by atoms with Crippen molar-refractivity contribution >= 4 is 0 Å². The molecule has 2 atom stereocenters. The Labute approximate surface area is 112 Å². The topological polar surface area (TPSA) is 32.5 Å². The number of rotatable bonds is 2. The van der Waals surface area contributed by atoms with Gasteiger partial charge in [0.05, 0.1) is 0 Å². The fraction of sp³-hybridized carbons (Fsp3) is 1.00. The SMILES string of the molecule is CN1CCN(C2CCC23CCCCC3)C(CN)C1. The highest BCUT2D eigenvalue weighted by Gasteiger charge is 2.50. The smallest absolute Gasteiger partial charge is 0.0349 e. The highest BCUT2D eigenvalue weighted by molar-refractivity contribution is 5.05. The van der Waals surface area contributed by atoms with Gasteiger partial charge in [-0.05, 0) is 38.1 Å². The summed E-state index contributed by atoms with van der Waals surface area (Å²) in [4.78, 5) is 5.23. The lowest BCUT2D eigenvalue weighted by molar-refractivity contribution is -0.0870. The Morgan fingerprint density at radius 2 is 1.89 bits per heavy atom. The van der Waals surface area contributed by atoms with E-state index in [0.29, 0.717) is 11.5 Å². The Bertz CT molecular complexity index is 285. The molecule has 0 aromatic heterocycles. The summed E-state index contributed by atoms with van der Waals surface area (Å²) in [5, 5.41) is 0. The van der Waals surface area contributed by atoms with Crippen LogP contribution in [0.2, 0.25) is 0 Å². The Hall–Kier alpha value is -0.120. The first-order valence-corrected chi connectivity index (χ1v) is 7.89. The van der Waals surface area contributed by atoms with Gasteiger partial charge in [0.2, 0.25) is 0 Å². The minimum absolute atomic E-state index is 0.604. The van der Waals surface area contributed by atoms with E-state index >= 15 is 0 Å². The highest BCUT2D eigenvalue weighted by Crippen LogP contribution is 2.54. The maximum Gasteiger partial charge on any atom is 0.0349 e. The fourth-order valence-corrected chi connectivity index (χ4v) is 4.68. The number of hydrogen-bond donors (Lipinski definition) is 1. The molecule has 2 N–H and O–H groups in total. The number of nitrogens with two attached hydrogens (primary N) is 1. The van der Waals surface area contributed by atoms with Gasteiger partial charge >= 0.3 is 0 Å². The van der Waals surface area contributed by atoms with Crippen LogP contribution >= 0.6 is 0 Å². The van der Waals surface area contributed by atoms with E-state index < -0.39 is 0 Å². The van der Waals surface area contributed by atoms with Crippen molar-refractivity contribution in [1.82, 2.24) is 9.80 Å². The summed E-state index contributed by atoms with van der Waals surface area (Å²) < 4.78 is 0. The van der Waals surface area contributed by atoms with E-state index in [0.717, 1.165) is 12.6 Å². The lowest BCUT2D eigenvalue weighted by atomic mass is 9.56. The lowest BCUT2D eigenvalue weighted by Gasteiger charge is -2.59. The average Bonchev–Trinajstić information content (AvgIpc) is 2.40. The molecule has 1 saturated heterocycles. The van der Waals surface area contributed by atoms with E-state index in [2.05, 4.69) is 16.8 Å². The van der Waals surface area contributed by atoms with Crippen LogP contribution in [0.4, 0.5) is 0 Å². The third kappa shape index (κ3) is 2.10. The Balaban J connectivity index is 1.69. The van der Waals surface area contributed by atoms with Crippen LogP contribution < -0.4 is 5.73 Å². The molecular formula is C15H29N3. The quantitative estimate of drug-likeness (QED) is 0.810. The number of nitrogens with zero attached hydrogens (tertiary/aromatic N) is 2. The van der Waals surface area contributed by atoms with Gasteiger partial charge in [0.25, 0.3) is 0 Å². The molecule has 0 aromatic rings. The molecule has 3 heteroatoms. The third-order valence-electron chi connectivity index (χ3n) is 5.88. The molecule has 2 unspecified atom stereocenters. The zero-order valence-electron chi connectivity index (χ0n) is 11.9. The molecule has 3 aliphatic rings. The molecule has 2 saturated carbocycles. The highest BCUT2D eigenvalue weighted by atomic mass is 15.3. The van der Waals surface area contributed by atoms with Gasteiger partial charge in [0.15, 0.2) is 0 Å². The fourth-order valence-electron chi connectivity index (χ4n) is 4.68. The van der Waals surface area contributed by atoms with E-state index in [1.165, 1.54) is 64.6 Å². The number of piperazine rings is 1. The van der Waals surface area contributed by atoms with Gasteiger partial charge in [-0.25, -0.2) is 0 Å². The van der Waals surface area contributed by atoms with Gasteiger partial charge in [-0.3, -0.25) is 4.90 Å². The molecule has 1 spiro atoms. The van der Waals surface area contributed by atoms with Crippen LogP contribution in [-0.2, 0) is 0 Å². The normalized spacial score (nSPS) is 37.7. The van der Waals surface area contributed by atoms with Crippen LogP contribution in [0, 0.1) is 5.41 Å². The van der Waals surface area contributed by atoms with E-state index in [1.54, 1.807) is 0 Å². The summed E-state index contributed by atoms with van der Waals surface area (Å²) in [5.41, 5.74) is 6.72. The first-order valence-electron chi connectivity index (χ1n) is 7.89. The van der Waals surface area contributed by atoms with Gasteiger partial charge in [0, 0.05) is 38.3 Å². The second-order valence-corrected chi connectivity index (χ2v) is 6.87. The van der Waals surface area contributed by atoms with Crippen molar-refractivity contribution in [2.75, 3.05) is 33.2 Å². The average molecular weight is 251 g/mol. The molecule has 0 radical (unpaired) electrons. The first kappa shape index (κ1) is 12.9. The van der Waals surface area contributed by atoms with Gasteiger partial charge < -0.3 is 10.6 Å². The van der Waals surface area contributed by atoms with Crippen LogP contribution in [0.15, 0.2) is 0 Å². The minimum atomic E-state index is 0.604. The number of hydrogen-bond acceptors (Lipinski definition) is 3. The van der Waals surface area contributed by atoms with Gasteiger partial charge in [-0.1, -0.05) is 19.3 Å². The van der Waals surface area contributed by atoms with Crippen LogP contribution in [0.3, 0.4) is 0 Å². The van der Waals surface area contributed by atoms with Gasteiger partial charge in [-0.15, -0.1) is 0 Å². The van der Waals surface area contributed by atoms with Gasteiger partial charge in [-0.2, -0.15) is 0 Å².